The van der Waals surface area contributed by atoms with Crippen molar-refractivity contribution in [2.75, 3.05) is 20.7 Å². The van der Waals surface area contributed by atoms with Gasteiger partial charge in [-0.2, -0.15) is 0 Å². The van der Waals surface area contributed by atoms with Crippen molar-refractivity contribution >= 4 is 0 Å². The summed E-state index contributed by atoms with van der Waals surface area (Å²) in [6, 6.07) is 13.9. The Morgan fingerprint density at radius 2 is 1.77 bits per heavy atom. The first-order valence-corrected chi connectivity index (χ1v) is 7.29. The number of aliphatic hydroxyl groups excluding tert-OH is 1. The van der Waals surface area contributed by atoms with Crippen molar-refractivity contribution < 1.29 is 14.2 Å². The summed E-state index contributed by atoms with van der Waals surface area (Å²) < 4.78 is 18.3. The van der Waals surface area contributed by atoms with Crippen LogP contribution < -0.4 is 4.74 Å². The molecule has 0 heterocycles. The Morgan fingerprint density at radius 1 is 1.14 bits per heavy atom. The fourth-order valence-corrected chi connectivity index (χ4v) is 2.47. The van der Waals surface area contributed by atoms with E-state index in [-0.39, 0.29) is 11.9 Å². The lowest BCUT2D eigenvalue weighted by Crippen LogP contribution is -2.27. The molecule has 1 N–H and O–H groups in total. The SMILES string of the molecule is COc1ccccc1C(C)N(C)CC(O)c1ccc(F)cc1. The summed E-state index contributed by atoms with van der Waals surface area (Å²) in [5.74, 6) is 0.532. The number of ether oxygens (including phenoxy) is 1. The monoisotopic (exact) mass is 303 g/mol. The molecular weight excluding hydrogens is 281 g/mol. The van der Waals surface area contributed by atoms with Crippen LogP contribution in [0.25, 0.3) is 0 Å². The number of aliphatic hydroxyl groups is 1. The van der Waals surface area contributed by atoms with Crippen LogP contribution in [0.3, 0.4) is 0 Å². The molecule has 0 radical (unpaired) electrons. The lowest BCUT2D eigenvalue weighted by molar-refractivity contribution is 0.108. The maximum Gasteiger partial charge on any atom is 0.123 e. The third-order valence-electron chi connectivity index (χ3n) is 3.97. The van der Waals surface area contributed by atoms with Gasteiger partial charge in [0.2, 0.25) is 0 Å². The van der Waals surface area contributed by atoms with E-state index in [4.69, 9.17) is 4.74 Å². The molecule has 22 heavy (non-hydrogen) atoms. The van der Waals surface area contributed by atoms with Crippen LogP contribution in [0.5, 0.6) is 5.75 Å². The standard InChI is InChI=1S/C18H22FNO2/c1-13(16-6-4-5-7-18(16)22-3)20(2)12-17(21)14-8-10-15(19)11-9-14/h4-11,13,17,21H,12H2,1-3H3. The first kappa shape index (κ1) is 16.5. The van der Waals surface area contributed by atoms with Crippen LogP contribution in [0.4, 0.5) is 4.39 Å². The summed E-state index contributed by atoms with van der Waals surface area (Å²) in [6.07, 6.45) is -0.664. The highest BCUT2D eigenvalue weighted by atomic mass is 19.1. The molecule has 2 aromatic carbocycles. The van der Waals surface area contributed by atoms with Gasteiger partial charge in [0.15, 0.2) is 0 Å². The molecule has 0 bridgehead atoms. The summed E-state index contributed by atoms with van der Waals surface area (Å²) in [5.41, 5.74) is 1.78. The van der Waals surface area contributed by atoms with Gasteiger partial charge in [0.05, 0.1) is 13.2 Å². The van der Waals surface area contributed by atoms with Crippen LogP contribution in [-0.2, 0) is 0 Å². The second kappa shape index (κ2) is 7.38. The number of methoxy groups -OCH3 is 1. The molecule has 2 unspecified atom stereocenters. The van der Waals surface area contributed by atoms with Crippen molar-refractivity contribution in [2.24, 2.45) is 0 Å². The summed E-state index contributed by atoms with van der Waals surface area (Å²) >= 11 is 0. The normalized spacial score (nSPS) is 13.9. The third kappa shape index (κ3) is 3.84. The zero-order chi connectivity index (χ0) is 16.1. The van der Waals surface area contributed by atoms with E-state index in [2.05, 4.69) is 6.92 Å². The molecule has 0 spiro atoms. The molecule has 2 aromatic rings. The largest absolute Gasteiger partial charge is 0.496 e. The van der Waals surface area contributed by atoms with Crippen LogP contribution in [0.1, 0.15) is 30.2 Å². The first-order chi connectivity index (χ1) is 10.5. The molecule has 0 aliphatic rings. The van der Waals surface area contributed by atoms with Gasteiger partial charge in [-0.1, -0.05) is 30.3 Å². The van der Waals surface area contributed by atoms with Crippen LogP contribution >= 0.6 is 0 Å². The van der Waals surface area contributed by atoms with Gasteiger partial charge in [-0.05, 0) is 37.7 Å². The van der Waals surface area contributed by atoms with Gasteiger partial charge in [-0.25, -0.2) is 4.39 Å². The van der Waals surface area contributed by atoms with Gasteiger partial charge in [0.25, 0.3) is 0 Å². The Labute approximate surface area is 131 Å². The van der Waals surface area contributed by atoms with E-state index in [1.54, 1.807) is 19.2 Å². The molecule has 0 fully saturated rings. The number of rotatable bonds is 6. The van der Waals surface area contributed by atoms with Crippen molar-refractivity contribution in [3.8, 4) is 5.75 Å². The molecule has 118 valence electrons. The van der Waals surface area contributed by atoms with E-state index >= 15 is 0 Å². The lowest BCUT2D eigenvalue weighted by atomic mass is 10.0. The number of hydrogen-bond acceptors (Lipinski definition) is 3. The Hall–Kier alpha value is -1.91. The van der Waals surface area contributed by atoms with Crippen molar-refractivity contribution in [2.45, 2.75) is 19.1 Å². The fourth-order valence-electron chi connectivity index (χ4n) is 2.47. The number of hydrogen-bond donors (Lipinski definition) is 1. The van der Waals surface area contributed by atoms with Crippen LogP contribution in [0.15, 0.2) is 48.5 Å². The maximum atomic E-state index is 12.9. The number of para-hydroxylation sites is 1. The van der Waals surface area contributed by atoms with Gasteiger partial charge in [0.1, 0.15) is 11.6 Å². The van der Waals surface area contributed by atoms with Gasteiger partial charge in [-0.3, -0.25) is 4.90 Å². The Bertz CT molecular complexity index is 600. The van der Waals surface area contributed by atoms with Crippen molar-refractivity contribution in [1.29, 1.82) is 0 Å². The quantitative estimate of drug-likeness (QED) is 0.885. The second-order valence-corrected chi connectivity index (χ2v) is 5.42. The predicted molar refractivity (Wildman–Crippen MR) is 85.4 cm³/mol. The van der Waals surface area contributed by atoms with Crippen molar-refractivity contribution in [3.63, 3.8) is 0 Å². The second-order valence-electron chi connectivity index (χ2n) is 5.42. The van der Waals surface area contributed by atoms with Gasteiger partial charge in [0, 0.05) is 18.2 Å². The van der Waals surface area contributed by atoms with E-state index in [0.717, 1.165) is 11.3 Å². The van der Waals surface area contributed by atoms with Crippen LogP contribution in [0, 0.1) is 5.82 Å². The molecule has 4 heteroatoms. The molecule has 3 nitrogen and oxygen atoms in total. The third-order valence-corrected chi connectivity index (χ3v) is 3.97. The van der Waals surface area contributed by atoms with E-state index < -0.39 is 6.10 Å². The molecule has 2 atom stereocenters. The minimum atomic E-state index is -0.664. The maximum absolute atomic E-state index is 12.9. The van der Waals surface area contributed by atoms with Crippen molar-refractivity contribution in [1.82, 2.24) is 4.90 Å². The van der Waals surface area contributed by atoms with Crippen LogP contribution in [0.2, 0.25) is 0 Å². The summed E-state index contributed by atoms with van der Waals surface area (Å²) in [7, 11) is 3.60. The Balaban J connectivity index is 2.07. The van der Waals surface area contributed by atoms with Gasteiger partial charge in [-0.15, -0.1) is 0 Å². The molecule has 0 saturated heterocycles. The van der Waals surface area contributed by atoms with Gasteiger partial charge < -0.3 is 9.84 Å². The van der Waals surface area contributed by atoms with E-state index in [9.17, 15) is 9.50 Å². The minimum Gasteiger partial charge on any atom is -0.496 e. The lowest BCUT2D eigenvalue weighted by Gasteiger charge is -2.28. The number of benzene rings is 2. The topological polar surface area (TPSA) is 32.7 Å². The first-order valence-electron chi connectivity index (χ1n) is 7.29. The zero-order valence-corrected chi connectivity index (χ0v) is 13.2. The molecule has 2 rings (SSSR count). The Kier molecular flexibility index (Phi) is 5.52. The van der Waals surface area contributed by atoms with E-state index in [0.29, 0.717) is 12.1 Å². The summed E-state index contributed by atoms with van der Waals surface area (Å²) in [4.78, 5) is 2.05. The molecule has 0 aromatic heterocycles. The molecular formula is C18H22FNO2. The molecule has 0 saturated carbocycles. The highest BCUT2D eigenvalue weighted by Gasteiger charge is 2.19. The average Bonchev–Trinajstić information content (AvgIpc) is 2.54. The van der Waals surface area contributed by atoms with Crippen LogP contribution in [-0.4, -0.2) is 30.7 Å². The number of halogens is 1. The summed E-state index contributed by atoms with van der Waals surface area (Å²) in [5, 5.41) is 10.3. The van der Waals surface area contributed by atoms with E-state index in [1.165, 1.54) is 12.1 Å². The summed E-state index contributed by atoms with van der Waals surface area (Å²) in [6.45, 7) is 2.51. The average molecular weight is 303 g/mol. The number of likely N-dealkylation sites (N-methyl/N-ethyl adjacent to an activating group) is 1. The van der Waals surface area contributed by atoms with Crippen molar-refractivity contribution in [3.05, 3.63) is 65.5 Å². The van der Waals surface area contributed by atoms with E-state index in [1.807, 2.05) is 36.2 Å². The minimum absolute atomic E-state index is 0.0891. The highest BCUT2D eigenvalue weighted by Crippen LogP contribution is 2.29. The molecule has 0 amide bonds. The molecule has 0 aliphatic carbocycles. The zero-order valence-electron chi connectivity index (χ0n) is 13.2. The van der Waals surface area contributed by atoms with Gasteiger partial charge >= 0.3 is 0 Å². The fraction of sp³-hybridized carbons (Fsp3) is 0.333. The predicted octanol–water partition coefficient (Wildman–Crippen LogP) is 3.56. The Morgan fingerprint density at radius 3 is 2.41 bits per heavy atom. The number of nitrogens with zero attached hydrogens (tertiary/aromatic N) is 1. The highest BCUT2D eigenvalue weighted by molar-refractivity contribution is 5.35. The smallest absolute Gasteiger partial charge is 0.123 e. The molecule has 0 aliphatic heterocycles.